The van der Waals surface area contributed by atoms with Crippen LogP contribution in [0.15, 0.2) is 48.7 Å². The number of ether oxygens (including phenoxy) is 1. The molecular weight excluding hydrogens is 462 g/mol. The summed E-state index contributed by atoms with van der Waals surface area (Å²) in [6.45, 7) is 0. The van der Waals surface area contributed by atoms with Crippen LogP contribution in [0.2, 0.25) is 5.02 Å². The fourth-order valence-corrected chi connectivity index (χ4v) is 4.80. The Bertz CT molecular complexity index is 1040. The topological polar surface area (TPSA) is 67.6 Å². The molecule has 4 rings (SSSR count). The molecule has 2 aromatic carbocycles. The molecule has 2 aliphatic rings. The number of ketones is 1. The number of nitrogens with zero attached hydrogens (tertiary/aromatic N) is 1. The summed E-state index contributed by atoms with van der Waals surface area (Å²) in [4.78, 5) is 14.8. The van der Waals surface area contributed by atoms with Gasteiger partial charge < -0.3 is 20.7 Å². The van der Waals surface area contributed by atoms with Crippen molar-refractivity contribution in [1.82, 2.24) is 4.90 Å². The van der Waals surface area contributed by atoms with E-state index in [1.807, 2.05) is 0 Å². The summed E-state index contributed by atoms with van der Waals surface area (Å²) in [6.07, 6.45) is 1.70. The van der Waals surface area contributed by atoms with Gasteiger partial charge in [-0.15, -0.1) is 13.2 Å². The van der Waals surface area contributed by atoms with Crippen LogP contribution in [0.3, 0.4) is 0 Å². The van der Waals surface area contributed by atoms with Gasteiger partial charge in [-0.3, -0.25) is 4.79 Å². The number of carbonyl (C=O) groups is 1. The first kappa shape index (κ1) is 23.2. The molecule has 176 valence electrons. The van der Waals surface area contributed by atoms with Crippen molar-refractivity contribution in [2.45, 2.75) is 50.2 Å². The van der Waals surface area contributed by atoms with E-state index in [-0.39, 0.29) is 40.2 Å². The number of alkyl halides is 3. The quantitative estimate of drug-likeness (QED) is 0.236. The average molecular weight is 484 g/mol. The third kappa shape index (κ3) is 5.52. The Balaban J connectivity index is 1.43. The minimum Gasteiger partial charge on any atom is -0.404 e. The highest BCUT2D eigenvalue weighted by molar-refractivity contribution is 6.32. The summed E-state index contributed by atoms with van der Waals surface area (Å²) in [5.74, 6) is -1.51. The van der Waals surface area contributed by atoms with Crippen LogP contribution in [0, 0.1) is 5.82 Å². The van der Waals surface area contributed by atoms with Gasteiger partial charge >= 0.3 is 6.36 Å². The SMILES string of the molecule is Nc1cc(Cl)c(OC(F)(F)F)cc1C(=O)/C=C/N1[C@@H]2CC[C@H]1CC(Nc1ccc(F)cc1)C2. The van der Waals surface area contributed by atoms with E-state index in [0.29, 0.717) is 0 Å². The molecule has 2 heterocycles. The Morgan fingerprint density at radius 2 is 1.79 bits per heavy atom. The molecule has 2 aromatic rings. The number of piperidine rings is 1. The minimum atomic E-state index is -4.94. The van der Waals surface area contributed by atoms with E-state index < -0.39 is 17.9 Å². The lowest BCUT2D eigenvalue weighted by Crippen LogP contribution is -2.44. The second kappa shape index (κ2) is 9.13. The number of hydrogen-bond donors (Lipinski definition) is 2. The molecule has 0 radical (unpaired) electrons. The van der Waals surface area contributed by atoms with Crippen molar-refractivity contribution in [3.8, 4) is 5.75 Å². The van der Waals surface area contributed by atoms with Crippen molar-refractivity contribution in [3.05, 3.63) is 65.1 Å². The molecular formula is C23H22ClF4N3O2. The Labute approximate surface area is 193 Å². The van der Waals surface area contributed by atoms with Gasteiger partial charge in [0, 0.05) is 47.3 Å². The first-order valence-corrected chi connectivity index (χ1v) is 10.8. The third-order valence-corrected chi connectivity index (χ3v) is 6.29. The molecule has 2 saturated heterocycles. The Hall–Kier alpha value is -2.94. The van der Waals surface area contributed by atoms with Crippen molar-refractivity contribution < 1.29 is 27.1 Å². The molecule has 5 nitrogen and oxygen atoms in total. The van der Waals surface area contributed by atoms with Crippen LogP contribution in [0.1, 0.15) is 36.0 Å². The van der Waals surface area contributed by atoms with Gasteiger partial charge in [0.1, 0.15) is 11.6 Å². The highest BCUT2D eigenvalue weighted by Crippen LogP contribution is 2.38. The molecule has 0 amide bonds. The molecule has 33 heavy (non-hydrogen) atoms. The van der Waals surface area contributed by atoms with Gasteiger partial charge in [-0.05, 0) is 62.1 Å². The van der Waals surface area contributed by atoms with Crippen LogP contribution in [-0.2, 0) is 0 Å². The predicted octanol–water partition coefficient (Wildman–Crippen LogP) is 5.76. The summed E-state index contributed by atoms with van der Waals surface area (Å²) >= 11 is 5.77. The third-order valence-electron chi connectivity index (χ3n) is 6.00. The number of fused-ring (bicyclic) bond motifs is 2. The van der Waals surface area contributed by atoms with Crippen LogP contribution in [0.25, 0.3) is 0 Å². The number of anilines is 2. The van der Waals surface area contributed by atoms with Gasteiger partial charge in [0.05, 0.1) is 5.02 Å². The number of nitrogens with one attached hydrogen (secondary N) is 1. The highest BCUT2D eigenvalue weighted by atomic mass is 35.5. The summed E-state index contributed by atoms with van der Waals surface area (Å²) < 4.78 is 54.8. The monoisotopic (exact) mass is 483 g/mol. The standard InChI is InChI=1S/C23H22ClF4N3O2/c24-19-12-20(29)18(11-22(19)33-23(26,27)28)21(32)7-8-31-16-5-6-17(31)10-15(9-16)30-14-3-1-13(25)2-4-14/h1-4,7-8,11-12,15-17,30H,5-6,9-10,29H2/b8-7+/t15?,16-,17+. The van der Waals surface area contributed by atoms with Crippen LogP contribution in [0.4, 0.5) is 28.9 Å². The van der Waals surface area contributed by atoms with Crippen LogP contribution in [-0.4, -0.2) is 35.2 Å². The van der Waals surface area contributed by atoms with Gasteiger partial charge in [-0.25, -0.2) is 4.39 Å². The van der Waals surface area contributed by atoms with E-state index in [0.717, 1.165) is 43.5 Å². The molecule has 0 aliphatic carbocycles. The van der Waals surface area contributed by atoms with E-state index in [1.54, 1.807) is 18.3 Å². The van der Waals surface area contributed by atoms with Gasteiger partial charge in [0.15, 0.2) is 5.78 Å². The van der Waals surface area contributed by atoms with E-state index in [2.05, 4.69) is 15.0 Å². The molecule has 0 spiro atoms. The molecule has 3 atom stereocenters. The summed E-state index contributed by atoms with van der Waals surface area (Å²) in [5.41, 5.74) is 6.52. The highest BCUT2D eigenvalue weighted by Gasteiger charge is 2.39. The lowest BCUT2D eigenvalue weighted by molar-refractivity contribution is -0.274. The fraction of sp³-hybridized carbons (Fsp3) is 0.348. The van der Waals surface area contributed by atoms with Crippen LogP contribution < -0.4 is 15.8 Å². The minimum absolute atomic E-state index is 0.0330. The van der Waals surface area contributed by atoms with Gasteiger partial charge in [0.25, 0.3) is 0 Å². The zero-order valence-electron chi connectivity index (χ0n) is 17.4. The first-order valence-electron chi connectivity index (χ1n) is 10.5. The van der Waals surface area contributed by atoms with Gasteiger partial charge in [-0.2, -0.15) is 0 Å². The van der Waals surface area contributed by atoms with E-state index >= 15 is 0 Å². The molecule has 2 fully saturated rings. The van der Waals surface area contributed by atoms with Crippen molar-refractivity contribution in [3.63, 3.8) is 0 Å². The maximum atomic E-state index is 13.1. The molecule has 0 aromatic heterocycles. The lowest BCUT2D eigenvalue weighted by atomic mass is 9.97. The summed E-state index contributed by atoms with van der Waals surface area (Å²) in [7, 11) is 0. The van der Waals surface area contributed by atoms with Crippen molar-refractivity contribution in [1.29, 1.82) is 0 Å². The van der Waals surface area contributed by atoms with E-state index in [1.165, 1.54) is 18.2 Å². The predicted molar refractivity (Wildman–Crippen MR) is 118 cm³/mol. The van der Waals surface area contributed by atoms with Crippen molar-refractivity contribution in [2.75, 3.05) is 11.1 Å². The smallest absolute Gasteiger partial charge is 0.404 e. The number of benzene rings is 2. The maximum Gasteiger partial charge on any atom is 0.573 e. The van der Waals surface area contributed by atoms with Crippen LogP contribution in [0.5, 0.6) is 5.75 Å². The van der Waals surface area contributed by atoms with Crippen LogP contribution >= 0.6 is 11.6 Å². The number of allylic oxidation sites excluding steroid dienone is 1. The second-order valence-corrected chi connectivity index (χ2v) is 8.66. The second-order valence-electron chi connectivity index (χ2n) is 8.25. The number of nitrogen functional groups attached to an aromatic ring is 1. The lowest BCUT2D eigenvalue weighted by Gasteiger charge is -2.39. The Morgan fingerprint density at radius 1 is 1.15 bits per heavy atom. The fourth-order valence-electron chi connectivity index (χ4n) is 4.58. The maximum absolute atomic E-state index is 13.1. The van der Waals surface area contributed by atoms with Crippen molar-refractivity contribution in [2.24, 2.45) is 0 Å². The van der Waals surface area contributed by atoms with E-state index in [9.17, 15) is 22.4 Å². The van der Waals surface area contributed by atoms with Gasteiger partial charge in [-0.1, -0.05) is 11.6 Å². The molecule has 0 saturated carbocycles. The zero-order valence-corrected chi connectivity index (χ0v) is 18.2. The van der Waals surface area contributed by atoms with Gasteiger partial charge in [0.2, 0.25) is 0 Å². The molecule has 10 heteroatoms. The summed E-state index contributed by atoms with van der Waals surface area (Å²) in [6, 6.07) is 8.87. The number of nitrogens with two attached hydrogens (primary N) is 1. The normalized spacial score (nSPS) is 22.6. The number of halogens is 5. The molecule has 2 bridgehead atoms. The van der Waals surface area contributed by atoms with Crippen molar-refractivity contribution >= 4 is 28.8 Å². The largest absolute Gasteiger partial charge is 0.573 e. The number of carbonyl (C=O) groups excluding carboxylic acids is 1. The summed E-state index contributed by atoms with van der Waals surface area (Å²) in [5, 5.41) is 3.10. The molecule has 1 unspecified atom stereocenters. The molecule has 2 aliphatic heterocycles. The van der Waals surface area contributed by atoms with E-state index in [4.69, 9.17) is 17.3 Å². The first-order chi connectivity index (χ1) is 15.6. The zero-order chi connectivity index (χ0) is 23.8. The Morgan fingerprint density at radius 3 is 2.39 bits per heavy atom. The number of rotatable bonds is 6. The number of hydrogen-bond acceptors (Lipinski definition) is 5. The average Bonchev–Trinajstić information content (AvgIpc) is 2.97. The molecule has 3 N–H and O–H groups in total. The Kier molecular flexibility index (Phi) is 6.43.